The van der Waals surface area contributed by atoms with Gasteiger partial charge >= 0.3 is 13.1 Å². The van der Waals surface area contributed by atoms with Gasteiger partial charge in [-0.15, -0.1) is 0 Å². The predicted octanol–water partition coefficient (Wildman–Crippen LogP) is 2.03. The van der Waals surface area contributed by atoms with Gasteiger partial charge in [0, 0.05) is 5.82 Å². The van der Waals surface area contributed by atoms with E-state index in [4.69, 9.17) is 14.0 Å². The largest absolute Gasteiger partial charge is 0.469 e. The van der Waals surface area contributed by atoms with E-state index >= 15 is 0 Å². The van der Waals surface area contributed by atoms with E-state index in [9.17, 15) is 4.79 Å². The topological polar surface area (TPSA) is 44.8 Å². The van der Waals surface area contributed by atoms with Gasteiger partial charge in [-0.05, 0) is 41.0 Å². The zero-order valence-electron chi connectivity index (χ0n) is 11.5. The highest BCUT2D eigenvalue weighted by Gasteiger charge is 2.68. The van der Waals surface area contributed by atoms with Gasteiger partial charge in [0.1, 0.15) is 0 Å². The number of carbonyl (C=O) groups is 1. The normalized spacial score (nSPS) is 38.0. The molecule has 17 heavy (non-hydrogen) atoms. The van der Waals surface area contributed by atoms with Gasteiger partial charge in [0.25, 0.3) is 0 Å². The molecule has 2 rings (SSSR count). The first kappa shape index (κ1) is 12.9. The molecule has 0 spiro atoms. The van der Waals surface area contributed by atoms with Crippen molar-refractivity contribution in [2.45, 2.75) is 58.1 Å². The van der Waals surface area contributed by atoms with Crippen molar-refractivity contribution in [1.29, 1.82) is 0 Å². The highest BCUT2D eigenvalue weighted by Crippen LogP contribution is 2.62. The van der Waals surface area contributed by atoms with Crippen LogP contribution < -0.4 is 0 Å². The molecule has 1 aliphatic carbocycles. The van der Waals surface area contributed by atoms with Gasteiger partial charge < -0.3 is 14.0 Å². The summed E-state index contributed by atoms with van der Waals surface area (Å²) in [6.45, 7) is 9.99. The number of hydrogen-bond acceptors (Lipinski definition) is 4. The van der Waals surface area contributed by atoms with Crippen LogP contribution in [0.1, 0.15) is 41.0 Å². The van der Waals surface area contributed by atoms with Crippen LogP contribution >= 0.6 is 0 Å². The van der Waals surface area contributed by atoms with E-state index in [1.165, 1.54) is 7.11 Å². The second kappa shape index (κ2) is 3.48. The Labute approximate surface area is 103 Å². The van der Waals surface area contributed by atoms with E-state index in [0.717, 1.165) is 6.42 Å². The molecule has 1 saturated heterocycles. The fourth-order valence-corrected chi connectivity index (χ4v) is 2.32. The van der Waals surface area contributed by atoms with Crippen molar-refractivity contribution in [3.63, 3.8) is 0 Å². The number of hydrogen-bond donors (Lipinski definition) is 0. The average molecular weight is 240 g/mol. The molecule has 1 heterocycles. The Morgan fingerprint density at radius 2 is 1.65 bits per heavy atom. The van der Waals surface area contributed by atoms with Gasteiger partial charge in [-0.25, -0.2) is 0 Å². The second-order valence-corrected chi connectivity index (χ2v) is 6.34. The van der Waals surface area contributed by atoms with E-state index in [1.54, 1.807) is 0 Å². The summed E-state index contributed by atoms with van der Waals surface area (Å²) in [5, 5.41) is 0. The minimum absolute atomic E-state index is 0.107. The van der Waals surface area contributed by atoms with Crippen molar-refractivity contribution in [1.82, 2.24) is 0 Å². The zero-order valence-corrected chi connectivity index (χ0v) is 11.5. The van der Waals surface area contributed by atoms with Crippen molar-refractivity contribution < 1.29 is 18.8 Å². The van der Waals surface area contributed by atoms with E-state index in [0.29, 0.717) is 0 Å². The van der Waals surface area contributed by atoms with E-state index < -0.39 is 5.41 Å². The maximum absolute atomic E-state index is 11.7. The summed E-state index contributed by atoms with van der Waals surface area (Å²) < 4.78 is 16.7. The third-order valence-corrected chi connectivity index (χ3v) is 4.55. The first-order chi connectivity index (χ1) is 7.64. The van der Waals surface area contributed by atoms with Crippen LogP contribution in [0.5, 0.6) is 0 Å². The average Bonchev–Trinajstić information content (AvgIpc) is 2.83. The Morgan fingerprint density at radius 3 is 2.06 bits per heavy atom. The van der Waals surface area contributed by atoms with Crippen molar-refractivity contribution in [2.75, 3.05) is 7.11 Å². The van der Waals surface area contributed by atoms with Crippen LogP contribution in [0.15, 0.2) is 0 Å². The number of ether oxygens (including phenoxy) is 1. The second-order valence-electron chi connectivity index (χ2n) is 6.34. The molecule has 0 N–H and O–H groups in total. The van der Waals surface area contributed by atoms with Crippen molar-refractivity contribution >= 4 is 13.1 Å². The third kappa shape index (κ3) is 1.80. The first-order valence-corrected chi connectivity index (χ1v) is 6.08. The first-order valence-electron chi connectivity index (χ1n) is 6.08. The summed E-state index contributed by atoms with van der Waals surface area (Å²) in [5.41, 5.74) is -1.11. The Bertz CT molecular complexity index is 336. The Kier molecular flexibility index (Phi) is 2.64. The number of rotatable bonds is 2. The SMILES string of the molecule is COC(=O)[C@@]1(C)CC1B1OC(C)(C)C(C)(C)O1. The predicted molar refractivity (Wildman–Crippen MR) is 64.6 cm³/mol. The van der Waals surface area contributed by atoms with Crippen LogP contribution in [0.2, 0.25) is 5.82 Å². The van der Waals surface area contributed by atoms with Crippen molar-refractivity contribution in [2.24, 2.45) is 5.41 Å². The third-order valence-electron chi connectivity index (χ3n) is 4.55. The summed E-state index contributed by atoms with van der Waals surface area (Å²) in [7, 11) is 1.12. The smallest absolute Gasteiger partial charge is 0.462 e. The molecule has 2 aliphatic rings. The maximum Gasteiger partial charge on any atom is 0.462 e. The van der Waals surface area contributed by atoms with E-state index in [2.05, 4.69) is 0 Å². The molecule has 0 amide bonds. The fourth-order valence-electron chi connectivity index (χ4n) is 2.32. The lowest BCUT2D eigenvalue weighted by Gasteiger charge is -2.32. The minimum atomic E-state index is -0.435. The monoisotopic (exact) mass is 240 g/mol. The lowest BCUT2D eigenvalue weighted by molar-refractivity contribution is -0.146. The highest BCUT2D eigenvalue weighted by molar-refractivity contribution is 6.50. The lowest BCUT2D eigenvalue weighted by atomic mass is 9.77. The zero-order chi connectivity index (χ0) is 13.1. The Balaban J connectivity index is 2.08. The molecular weight excluding hydrogens is 219 g/mol. The number of carbonyl (C=O) groups excluding carboxylic acids is 1. The molecule has 0 aromatic carbocycles. The van der Waals surface area contributed by atoms with E-state index in [1.807, 2.05) is 34.6 Å². The molecule has 2 fully saturated rings. The number of esters is 1. The van der Waals surface area contributed by atoms with Gasteiger partial charge in [0.05, 0.1) is 23.7 Å². The molecule has 96 valence electrons. The Hall–Kier alpha value is -0.545. The molecule has 1 unspecified atom stereocenters. The maximum atomic E-state index is 11.7. The molecule has 2 atom stereocenters. The van der Waals surface area contributed by atoms with E-state index in [-0.39, 0.29) is 30.1 Å². The minimum Gasteiger partial charge on any atom is -0.469 e. The molecule has 0 aromatic rings. The van der Waals surface area contributed by atoms with Gasteiger partial charge in [-0.1, -0.05) is 0 Å². The van der Waals surface area contributed by atoms with Crippen LogP contribution in [0, 0.1) is 5.41 Å². The summed E-state index contributed by atoms with van der Waals surface area (Å²) in [6.07, 6.45) is 0.774. The van der Waals surface area contributed by atoms with Crippen LogP contribution in [-0.4, -0.2) is 31.4 Å². The summed E-state index contributed by atoms with van der Waals surface area (Å²) >= 11 is 0. The van der Waals surface area contributed by atoms with Crippen LogP contribution in [0.25, 0.3) is 0 Å². The molecule has 1 aliphatic heterocycles. The quantitative estimate of drug-likeness (QED) is 0.547. The number of methoxy groups -OCH3 is 1. The standard InChI is InChI=1S/C12H21BO4/c1-10(2)11(3,4)17-13(16-10)8-7-12(8,5)9(14)15-6/h8H,7H2,1-6H3/t8?,12-/m0/s1. The van der Waals surface area contributed by atoms with Crippen molar-refractivity contribution in [3.8, 4) is 0 Å². The van der Waals surface area contributed by atoms with Crippen LogP contribution in [-0.2, 0) is 18.8 Å². The summed E-state index contributed by atoms with van der Waals surface area (Å²) in [4.78, 5) is 11.7. The Morgan fingerprint density at radius 1 is 1.18 bits per heavy atom. The molecule has 1 saturated carbocycles. The van der Waals surface area contributed by atoms with Crippen LogP contribution in [0.4, 0.5) is 0 Å². The molecule has 5 heteroatoms. The van der Waals surface area contributed by atoms with Gasteiger partial charge in [0.15, 0.2) is 0 Å². The van der Waals surface area contributed by atoms with Gasteiger partial charge in [-0.3, -0.25) is 4.79 Å². The summed E-state index contributed by atoms with van der Waals surface area (Å²) in [6, 6.07) is 0. The molecular formula is C12H21BO4. The molecule has 0 radical (unpaired) electrons. The lowest BCUT2D eigenvalue weighted by Crippen LogP contribution is -2.41. The molecule has 0 bridgehead atoms. The van der Waals surface area contributed by atoms with Gasteiger partial charge in [0.2, 0.25) is 0 Å². The summed E-state index contributed by atoms with van der Waals surface area (Å²) in [5.74, 6) is -0.0618. The molecule has 4 nitrogen and oxygen atoms in total. The fraction of sp³-hybridized carbons (Fsp3) is 0.917. The highest BCUT2D eigenvalue weighted by atomic mass is 16.7. The van der Waals surface area contributed by atoms with Crippen LogP contribution in [0.3, 0.4) is 0 Å². The van der Waals surface area contributed by atoms with Crippen molar-refractivity contribution in [3.05, 3.63) is 0 Å². The van der Waals surface area contributed by atoms with Gasteiger partial charge in [-0.2, -0.15) is 0 Å². The molecule has 0 aromatic heterocycles.